The molecule has 0 spiro atoms. The molecule has 2 atom stereocenters. The molecular weight excluding hydrogens is 206 g/mol. The average Bonchev–Trinajstić information content (AvgIpc) is 2.25. The highest BCUT2D eigenvalue weighted by molar-refractivity contribution is 5.83. The Morgan fingerprint density at radius 3 is 2.31 bits per heavy atom. The van der Waals surface area contributed by atoms with Gasteiger partial charge >= 0.3 is 0 Å². The summed E-state index contributed by atoms with van der Waals surface area (Å²) in [6.07, 6.45) is 4.51. The van der Waals surface area contributed by atoms with Gasteiger partial charge in [0.05, 0.1) is 0 Å². The molecule has 16 heavy (non-hydrogen) atoms. The van der Waals surface area contributed by atoms with Gasteiger partial charge in [-0.1, -0.05) is 39.5 Å². The van der Waals surface area contributed by atoms with Crippen molar-refractivity contribution >= 4 is 5.91 Å². The number of carbonyl (C=O) groups excluding carboxylic acids is 1. The Kier molecular flexibility index (Phi) is 7.34. The van der Waals surface area contributed by atoms with Gasteiger partial charge in [-0.15, -0.1) is 0 Å². The molecule has 1 amide bonds. The van der Waals surface area contributed by atoms with Crippen molar-refractivity contribution in [3.63, 3.8) is 0 Å². The first-order chi connectivity index (χ1) is 7.52. The molecule has 0 heterocycles. The van der Waals surface area contributed by atoms with Gasteiger partial charge in [0.25, 0.3) is 0 Å². The van der Waals surface area contributed by atoms with Gasteiger partial charge < -0.3 is 15.9 Å². The first kappa shape index (κ1) is 15.4. The minimum Gasteiger partial charge on any atom is -0.396 e. The van der Waals surface area contributed by atoms with E-state index < -0.39 is 17.4 Å². The van der Waals surface area contributed by atoms with Gasteiger partial charge in [0.15, 0.2) is 0 Å². The van der Waals surface area contributed by atoms with E-state index in [1.807, 2.05) is 6.92 Å². The molecule has 96 valence electrons. The van der Waals surface area contributed by atoms with Gasteiger partial charge in [-0.3, -0.25) is 4.79 Å². The fourth-order valence-electron chi connectivity index (χ4n) is 2.00. The van der Waals surface area contributed by atoms with E-state index >= 15 is 0 Å². The Morgan fingerprint density at radius 2 is 1.94 bits per heavy atom. The second-order valence-corrected chi connectivity index (χ2v) is 4.41. The highest BCUT2D eigenvalue weighted by Gasteiger charge is 2.40. The third kappa shape index (κ3) is 4.10. The van der Waals surface area contributed by atoms with Crippen molar-refractivity contribution in [2.75, 3.05) is 6.61 Å². The van der Waals surface area contributed by atoms with E-state index in [-0.39, 0.29) is 6.61 Å². The Balaban J connectivity index is 4.57. The van der Waals surface area contributed by atoms with Crippen molar-refractivity contribution < 1.29 is 15.0 Å². The molecule has 0 aliphatic heterocycles. The predicted molar refractivity (Wildman–Crippen MR) is 63.8 cm³/mol. The van der Waals surface area contributed by atoms with Crippen molar-refractivity contribution in [3.8, 4) is 0 Å². The first-order valence-corrected chi connectivity index (χ1v) is 6.16. The summed E-state index contributed by atoms with van der Waals surface area (Å²) in [7, 11) is 0. The maximum Gasteiger partial charge on any atom is 0.249 e. The number of hydrogen-bond donors (Lipinski definition) is 3. The van der Waals surface area contributed by atoms with E-state index in [1.54, 1.807) is 0 Å². The number of carbonyl (C=O) groups is 1. The van der Waals surface area contributed by atoms with Crippen molar-refractivity contribution in [3.05, 3.63) is 0 Å². The van der Waals surface area contributed by atoms with E-state index in [0.717, 1.165) is 25.7 Å². The fourth-order valence-corrected chi connectivity index (χ4v) is 2.00. The van der Waals surface area contributed by atoms with Crippen LogP contribution in [-0.2, 0) is 4.79 Å². The second kappa shape index (κ2) is 7.63. The van der Waals surface area contributed by atoms with Crippen LogP contribution in [0.2, 0.25) is 0 Å². The lowest BCUT2D eigenvalue weighted by atomic mass is 9.80. The zero-order chi connectivity index (χ0) is 12.6. The molecule has 0 aliphatic carbocycles. The summed E-state index contributed by atoms with van der Waals surface area (Å²) in [5, 5.41) is 19.5. The third-order valence-electron chi connectivity index (χ3n) is 3.12. The average molecular weight is 231 g/mol. The summed E-state index contributed by atoms with van der Waals surface area (Å²) in [6.45, 7) is 3.81. The molecule has 0 aromatic heterocycles. The number of rotatable bonds is 9. The fraction of sp³-hybridized carbons (Fsp3) is 0.917. The monoisotopic (exact) mass is 231 g/mol. The lowest BCUT2D eigenvalue weighted by Gasteiger charge is -2.32. The highest BCUT2D eigenvalue weighted by Crippen LogP contribution is 2.27. The standard InChI is InChI=1S/C12H25NO3/c1-3-5-6-8-12(16,11(13)15)10(9-14)7-4-2/h10,14,16H,3-9H2,1-2H3,(H2,13,15). The van der Waals surface area contributed by atoms with Crippen molar-refractivity contribution in [2.24, 2.45) is 11.7 Å². The number of unbranched alkanes of at least 4 members (excludes halogenated alkanes) is 2. The van der Waals surface area contributed by atoms with Crippen LogP contribution >= 0.6 is 0 Å². The van der Waals surface area contributed by atoms with Gasteiger partial charge in [0, 0.05) is 12.5 Å². The molecule has 0 aliphatic rings. The van der Waals surface area contributed by atoms with Crippen LogP contribution < -0.4 is 5.73 Å². The number of primary amides is 1. The number of aliphatic hydroxyl groups is 2. The summed E-state index contributed by atoms with van der Waals surface area (Å²) in [5.41, 5.74) is 3.72. The van der Waals surface area contributed by atoms with Crippen LogP contribution in [0.4, 0.5) is 0 Å². The van der Waals surface area contributed by atoms with Crippen molar-refractivity contribution in [1.29, 1.82) is 0 Å². The highest BCUT2D eigenvalue weighted by atomic mass is 16.3. The molecule has 0 bridgehead atoms. The lowest BCUT2D eigenvalue weighted by Crippen LogP contribution is -2.51. The Labute approximate surface area is 97.8 Å². The third-order valence-corrected chi connectivity index (χ3v) is 3.12. The molecule has 0 aromatic rings. The van der Waals surface area contributed by atoms with Gasteiger partial charge in [-0.2, -0.15) is 0 Å². The summed E-state index contributed by atoms with van der Waals surface area (Å²) in [4.78, 5) is 11.4. The van der Waals surface area contributed by atoms with Crippen LogP contribution in [0.3, 0.4) is 0 Å². The van der Waals surface area contributed by atoms with Crippen molar-refractivity contribution in [2.45, 2.75) is 58.0 Å². The maximum absolute atomic E-state index is 11.4. The quantitative estimate of drug-likeness (QED) is 0.521. The van der Waals surface area contributed by atoms with Gasteiger partial charge in [-0.25, -0.2) is 0 Å². The molecular formula is C12H25NO3. The summed E-state index contributed by atoms with van der Waals surface area (Å²) >= 11 is 0. The first-order valence-electron chi connectivity index (χ1n) is 6.16. The SMILES string of the molecule is CCCCCC(O)(C(N)=O)C(CO)CCC. The molecule has 4 N–H and O–H groups in total. The molecule has 2 unspecified atom stereocenters. The molecule has 0 rings (SSSR count). The Bertz CT molecular complexity index is 208. The van der Waals surface area contributed by atoms with Gasteiger partial charge in [0.1, 0.15) is 5.60 Å². The topological polar surface area (TPSA) is 83.5 Å². The number of hydrogen-bond acceptors (Lipinski definition) is 3. The van der Waals surface area contributed by atoms with Crippen LogP contribution in [0.15, 0.2) is 0 Å². The Hall–Kier alpha value is -0.610. The second-order valence-electron chi connectivity index (χ2n) is 4.41. The van der Waals surface area contributed by atoms with Crippen molar-refractivity contribution in [1.82, 2.24) is 0 Å². The molecule has 4 heteroatoms. The molecule has 0 radical (unpaired) electrons. The normalized spacial score (nSPS) is 16.8. The van der Waals surface area contributed by atoms with Crippen LogP contribution in [0.1, 0.15) is 52.4 Å². The predicted octanol–water partition coefficient (Wildman–Crippen LogP) is 1.19. The summed E-state index contributed by atoms with van der Waals surface area (Å²) in [5.74, 6) is -1.15. The molecule has 0 saturated heterocycles. The largest absolute Gasteiger partial charge is 0.396 e. The number of amides is 1. The van der Waals surface area contributed by atoms with E-state index in [1.165, 1.54) is 0 Å². The van der Waals surface area contributed by atoms with Gasteiger partial charge in [-0.05, 0) is 12.8 Å². The molecule has 0 saturated carbocycles. The summed E-state index contributed by atoms with van der Waals surface area (Å²) < 4.78 is 0. The Morgan fingerprint density at radius 1 is 1.31 bits per heavy atom. The van der Waals surface area contributed by atoms with Gasteiger partial charge in [0.2, 0.25) is 5.91 Å². The maximum atomic E-state index is 11.4. The minimum absolute atomic E-state index is 0.195. The number of aliphatic hydroxyl groups excluding tert-OH is 1. The lowest BCUT2D eigenvalue weighted by molar-refractivity contribution is -0.146. The van der Waals surface area contributed by atoms with E-state index in [2.05, 4.69) is 6.92 Å². The molecule has 0 aromatic carbocycles. The summed E-state index contributed by atoms with van der Waals surface area (Å²) in [6, 6.07) is 0. The molecule has 0 fully saturated rings. The van der Waals surface area contributed by atoms with Crippen LogP contribution in [0, 0.1) is 5.92 Å². The van der Waals surface area contributed by atoms with E-state index in [9.17, 15) is 15.0 Å². The minimum atomic E-state index is -1.54. The van der Waals surface area contributed by atoms with Crippen LogP contribution in [0.5, 0.6) is 0 Å². The number of nitrogens with two attached hydrogens (primary N) is 1. The smallest absolute Gasteiger partial charge is 0.249 e. The zero-order valence-corrected chi connectivity index (χ0v) is 10.4. The van der Waals surface area contributed by atoms with E-state index in [4.69, 9.17) is 5.73 Å². The zero-order valence-electron chi connectivity index (χ0n) is 10.4. The van der Waals surface area contributed by atoms with E-state index in [0.29, 0.717) is 12.8 Å². The molecule has 4 nitrogen and oxygen atoms in total. The van der Waals surface area contributed by atoms with Crippen LogP contribution in [0.25, 0.3) is 0 Å². The van der Waals surface area contributed by atoms with Crippen LogP contribution in [-0.4, -0.2) is 28.3 Å².